The van der Waals surface area contributed by atoms with Crippen molar-refractivity contribution in [1.29, 1.82) is 0 Å². The minimum absolute atomic E-state index is 0.744. The normalized spacial score (nSPS) is 15.8. The van der Waals surface area contributed by atoms with Gasteiger partial charge in [0.2, 0.25) is 5.95 Å². The van der Waals surface area contributed by atoms with Crippen LogP contribution in [-0.4, -0.2) is 48.5 Å². The Kier molecular flexibility index (Phi) is 4.40. The van der Waals surface area contributed by atoms with Crippen LogP contribution in [0.5, 0.6) is 5.75 Å². The number of aromatic nitrogens is 3. The summed E-state index contributed by atoms with van der Waals surface area (Å²) in [5, 5.41) is 10.8. The van der Waals surface area contributed by atoms with Crippen LogP contribution in [0.4, 0.5) is 5.95 Å². The number of halogens is 1. The van der Waals surface area contributed by atoms with Crippen LogP contribution in [0.2, 0.25) is 0 Å². The molecule has 0 radical (unpaired) electrons. The second-order valence-corrected chi connectivity index (χ2v) is 5.77. The van der Waals surface area contributed by atoms with Crippen LogP contribution in [0.25, 0.3) is 11.4 Å². The predicted molar refractivity (Wildman–Crippen MR) is 85.8 cm³/mol. The van der Waals surface area contributed by atoms with Gasteiger partial charge in [0.15, 0.2) is 5.82 Å². The van der Waals surface area contributed by atoms with Gasteiger partial charge in [0.05, 0.1) is 7.11 Å². The van der Waals surface area contributed by atoms with E-state index in [1.165, 1.54) is 0 Å². The first kappa shape index (κ1) is 14.3. The summed E-state index contributed by atoms with van der Waals surface area (Å²) in [4.78, 5) is 6.83. The summed E-state index contributed by atoms with van der Waals surface area (Å²) in [6.07, 6.45) is 1.10. The zero-order chi connectivity index (χ0) is 14.7. The molecule has 21 heavy (non-hydrogen) atoms. The van der Waals surface area contributed by atoms with Gasteiger partial charge in [-0.05, 0) is 31.2 Å². The lowest BCUT2D eigenvalue weighted by molar-refractivity contribution is 0.415. The van der Waals surface area contributed by atoms with Crippen molar-refractivity contribution in [3.05, 3.63) is 22.7 Å². The molecule has 1 fully saturated rings. The van der Waals surface area contributed by atoms with E-state index in [4.69, 9.17) is 4.74 Å². The van der Waals surface area contributed by atoms with E-state index in [2.05, 4.69) is 41.3 Å². The molecule has 1 saturated heterocycles. The number of anilines is 1. The molecule has 0 bridgehead atoms. The largest absolute Gasteiger partial charge is 0.497 e. The number of rotatable bonds is 3. The number of benzene rings is 1. The molecule has 0 aliphatic carbocycles. The number of methoxy groups -OCH3 is 1. The molecular weight excluding hydrogens is 334 g/mol. The molecule has 1 aliphatic rings. The molecule has 2 N–H and O–H groups in total. The van der Waals surface area contributed by atoms with E-state index >= 15 is 0 Å². The van der Waals surface area contributed by atoms with Gasteiger partial charge in [-0.2, -0.15) is 4.98 Å². The smallest absolute Gasteiger partial charge is 0.245 e. The van der Waals surface area contributed by atoms with Crippen LogP contribution < -0.4 is 15.0 Å². The molecule has 6 nitrogen and oxygen atoms in total. The number of aromatic amines is 1. The summed E-state index contributed by atoms with van der Waals surface area (Å²) in [5.74, 6) is 2.29. The molecule has 3 rings (SSSR count). The van der Waals surface area contributed by atoms with E-state index in [9.17, 15) is 0 Å². The Morgan fingerprint density at radius 3 is 3.05 bits per heavy atom. The topological polar surface area (TPSA) is 66.1 Å². The van der Waals surface area contributed by atoms with Crippen molar-refractivity contribution >= 4 is 21.9 Å². The van der Waals surface area contributed by atoms with Gasteiger partial charge < -0.3 is 15.0 Å². The lowest BCUT2D eigenvalue weighted by Gasteiger charge is -2.16. The molecule has 112 valence electrons. The minimum Gasteiger partial charge on any atom is -0.497 e. The lowest BCUT2D eigenvalue weighted by atomic mass is 10.2. The molecule has 0 amide bonds. The van der Waals surface area contributed by atoms with E-state index < -0.39 is 0 Å². The van der Waals surface area contributed by atoms with Crippen molar-refractivity contribution < 1.29 is 4.74 Å². The Labute approximate surface area is 132 Å². The van der Waals surface area contributed by atoms with Gasteiger partial charge in [-0.15, -0.1) is 5.10 Å². The van der Waals surface area contributed by atoms with Gasteiger partial charge in [-0.3, -0.25) is 5.10 Å². The number of nitrogens with one attached hydrogen (secondary N) is 2. The van der Waals surface area contributed by atoms with Gasteiger partial charge in [-0.25, -0.2) is 0 Å². The lowest BCUT2D eigenvalue weighted by Crippen LogP contribution is -2.28. The van der Waals surface area contributed by atoms with Crippen LogP contribution in [-0.2, 0) is 0 Å². The fourth-order valence-electron chi connectivity index (χ4n) is 2.37. The fraction of sp³-hybridized carbons (Fsp3) is 0.429. The number of ether oxygens (including phenoxy) is 1. The standard InChI is InChI=1S/C14H18BrN5O/c1-21-10-3-4-12(15)11(9-10)13-17-14(19-18-13)20-7-2-5-16-6-8-20/h3-4,9,16H,2,5-8H2,1H3,(H,17,18,19). The van der Waals surface area contributed by atoms with Gasteiger partial charge in [0.1, 0.15) is 5.75 Å². The van der Waals surface area contributed by atoms with Crippen molar-refractivity contribution in [1.82, 2.24) is 20.5 Å². The molecule has 0 atom stereocenters. The highest BCUT2D eigenvalue weighted by molar-refractivity contribution is 9.10. The Balaban J connectivity index is 1.87. The first-order chi connectivity index (χ1) is 10.3. The fourth-order valence-corrected chi connectivity index (χ4v) is 2.81. The van der Waals surface area contributed by atoms with Crippen molar-refractivity contribution in [2.45, 2.75) is 6.42 Å². The molecular formula is C14H18BrN5O. The predicted octanol–water partition coefficient (Wildman–Crippen LogP) is 2.04. The Bertz CT molecular complexity index is 607. The third kappa shape index (κ3) is 3.19. The van der Waals surface area contributed by atoms with E-state index in [0.29, 0.717) is 0 Å². The third-order valence-electron chi connectivity index (χ3n) is 3.53. The first-order valence-corrected chi connectivity index (χ1v) is 7.79. The van der Waals surface area contributed by atoms with Crippen molar-refractivity contribution in [3.63, 3.8) is 0 Å². The molecule has 7 heteroatoms. The Hall–Kier alpha value is -1.60. The highest BCUT2D eigenvalue weighted by Crippen LogP contribution is 2.30. The molecule has 0 unspecified atom stereocenters. The molecule has 1 aromatic carbocycles. The maximum atomic E-state index is 5.27. The summed E-state index contributed by atoms with van der Waals surface area (Å²) in [6.45, 7) is 3.92. The van der Waals surface area contributed by atoms with E-state index in [-0.39, 0.29) is 0 Å². The average Bonchev–Trinajstić information content (AvgIpc) is 2.83. The molecule has 2 aromatic rings. The van der Waals surface area contributed by atoms with Gasteiger partial charge >= 0.3 is 0 Å². The number of nitrogens with zero attached hydrogens (tertiary/aromatic N) is 3. The van der Waals surface area contributed by atoms with Crippen molar-refractivity contribution in [3.8, 4) is 17.1 Å². The average molecular weight is 352 g/mol. The third-order valence-corrected chi connectivity index (χ3v) is 4.22. The van der Waals surface area contributed by atoms with Crippen molar-refractivity contribution in [2.24, 2.45) is 0 Å². The van der Waals surface area contributed by atoms with Gasteiger partial charge in [0.25, 0.3) is 0 Å². The summed E-state index contributed by atoms with van der Waals surface area (Å²) in [6, 6.07) is 5.80. The van der Waals surface area contributed by atoms with Crippen LogP contribution >= 0.6 is 15.9 Å². The second kappa shape index (κ2) is 6.44. The summed E-state index contributed by atoms with van der Waals surface area (Å²) in [5.41, 5.74) is 0.945. The molecule has 0 saturated carbocycles. The maximum Gasteiger partial charge on any atom is 0.245 e. The summed E-state index contributed by atoms with van der Waals surface area (Å²) in [7, 11) is 1.66. The highest BCUT2D eigenvalue weighted by atomic mass is 79.9. The molecule has 2 heterocycles. The maximum absolute atomic E-state index is 5.27. The molecule has 1 aliphatic heterocycles. The minimum atomic E-state index is 0.744. The van der Waals surface area contributed by atoms with Crippen molar-refractivity contribution in [2.75, 3.05) is 38.2 Å². The molecule has 0 spiro atoms. The van der Waals surface area contributed by atoms with Gasteiger partial charge in [-0.1, -0.05) is 15.9 Å². The Morgan fingerprint density at radius 1 is 1.29 bits per heavy atom. The summed E-state index contributed by atoms with van der Waals surface area (Å²) < 4.78 is 6.23. The van der Waals surface area contributed by atoms with Gasteiger partial charge in [0, 0.05) is 29.7 Å². The SMILES string of the molecule is COc1ccc(Br)c(-c2nc(N3CCCNCC3)n[nH]2)c1. The first-order valence-electron chi connectivity index (χ1n) is 7.00. The monoisotopic (exact) mass is 351 g/mol. The van der Waals surface area contributed by atoms with Crippen LogP contribution in [0.1, 0.15) is 6.42 Å². The van der Waals surface area contributed by atoms with E-state index in [0.717, 1.165) is 60.2 Å². The zero-order valence-electron chi connectivity index (χ0n) is 11.9. The zero-order valence-corrected chi connectivity index (χ0v) is 13.5. The molecule has 1 aromatic heterocycles. The highest BCUT2D eigenvalue weighted by Gasteiger charge is 2.16. The van der Waals surface area contributed by atoms with E-state index in [1.54, 1.807) is 7.11 Å². The number of H-pyrrole nitrogens is 1. The second-order valence-electron chi connectivity index (χ2n) is 4.92. The van der Waals surface area contributed by atoms with E-state index in [1.807, 2.05) is 18.2 Å². The van der Waals surface area contributed by atoms with Crippen LogP contribution in [0.15, 0.2) is 22.7 Å². The summed E-state index contributed by atoms with van der Waals surface area (Å²) >= 11 is 3.55. The quantitative estimate of drug-likeness (QED) is 0.885. The Morgan fingerprint density at radius 2 is 2.19 bits per heavy atom. The number of hydrogen-bond acceptors (Lipinski definition) is 5. The van der Waals surface area contributed by atoms with Crippen LogP contribution in [0, 0.1) is 0 Å². The number of hydrogen-bond donors (Lipinski definition) is 2. The van der Waals surface area contributed by atoms with Crippen LogP contribution in [0.3, 0.4) is 0 Å².